The van der Waals surface area contributed by atoms with Crippen molar-refractivity contribution in [2.75, 3.05) is 0 Å². The van der Waals surface area contributed by atoms with E-state index in [0.717, 1.165) is 12.1 Å². The molecule has 1 atom stereocenters. The van der Waals surface area contributed by atoms with Crippen molar-refractivity contribution in [3.05, 3.63) is 0 Å². The maximum atomic E-state index is 4.07. The molecule has 1 heteroatoms. The average molecular weight is 340 g/mol. The molecule has 0 aliphatic rings. The van der Waals surface area contributed by atoms with E-state index in [0.29, 0.717) is 0 Å². The number of hydrogen-bond donors (Lipinski definition) is 1. The zero-order valence-corrected chi connectivity index (χ0v) is 17.7. The standard InChI is InChI=1S/C23H49N/c1-5-9-12-14-16-20-23(21-17-15-13-10-6-2)24-22(18-8-4)19-11-7-3/h22-24H,5-21H2,1-4H3. The number of nitrogens with one attached hydrogen (secondary N) is 1. The Bertz CT molecular complexity index is 212. The van der Waals surface area contributed by atoms with Crippen LogP contribution >= 0.6 is 0 Å². The SMILES string of the molecule is CCCCCCCC(CCCCCCC)NC(CCC)CCCC. The van der Waals surface area contributed by atoms with Crippen molar-refractivity contribution in [2.24, 2.45) is 0 Å². The van der Waals surface area contributed by atoms with Crippen LogP contribution in [0.3, 0.4) is 0 Å². The Balaban J connectivity index is 4.19. The van der Waals surface area contributed by atoms with Gasteiger partial charge in [-0.2, -0.15) is 0 Å². The van der Waals surface area contributed by atoms with Gasteiger partial charge in [-0.1, -0.05) is 111 Å². The van der Waals surface area contributed by atoms with E-state index in [-0.39, 0.29) is 0 Å². The Kier molecular flexibility index (Phi) is 19.3. The van der Waals surface area contributed by atoms with Crippen LogP contribution in [-0.4, -0.2) is 12.1 Å². The molecule has 1 N–H and O–H groups in total. The van der Waals surface area contributed by atoms with Crippen molar-refractivity contribution in [1.29, 1.82) is 0 Å². The minimum absolute atomic E-state index is 0.770. The van der Waals surface area contributed by atoms with Crippen LogP contribution in [0.15, 0.2) is 0 Å². The molecule has 0 amide bonds. The van der Waals surface area contributed by atoms with E-state index in [9.17, 15) is 0 Å². The molecule has 0 spiro atoms. The molecule has 0 heterocycles. The third-order valence-electron chi connectivity index (χ3n) is 5.33. The van der Waals surface area contributed by atoms with Gasteiger partial charge >= 0.3 is 0 Å². The summed E-state index contributed by atoms with van der Waals surface area (Å²) in [4.78, 5) is 0. The van der Waals surface area contributed by atoms with Gasteiger partial charge in [-0.3, -0.25) is 0 Å². The van der Waals surface area contributed by atoms with Crippen LogP contribution in [0.25, 0.3) is 0 Å². The molecule has 24 heavy (non-hydrogen) atoms. The highest BCUT2D eigenvalue weighted by Gasteiger charge is 2.14. The largest absolute Gasteiger partial charge is 0.311 e. The maximum absolute atomic E-state index is 4.07. The molecular formula is C23H49N. The summed E-state index contributed by atoms with van der Waals surface area (Å²) in [5.41, 5.74) is 0. The smallest absolute Gasteiger partial charge is 0.00696 e. The third kappa shape index (κ3) is 15.5. The van der Waals surface area contributed by atoms with Gasteiger partial charge in [0.15, 0.2) is 0 Å². The fourth-order valence-corrected chi connectivity index (χ4v) is 3.74. The van der Waals surface area contributed by atoms with Gasteiger partial charge in [0.1, 0.15) is 0 Å². The van der Waals surface area contributed by atoms with Crippen LogP contribution < -0.4 is 5.32 Å². The molecule has 0 radical (unpaired) electrons. The van der Waals surface area contributed by atoms with Crippen LogP contribution in [0.1, 0.15) is 137 Å². The minimum atomic E-state index is 0.770. The van der Waals surface area contributed by atoms with Crippen molar-refractivity contribution in [2.45, 2.75) is 149 Å². The van der Waals surface area contributed by atoms with Crippen molar-refractivity contribution >= 4 is 0 Å². The monoisotopic (exact) mass is 339 g/mol. The summed E-state index contributed by atoms with van der Waals surface area (Å²) < 4.78 is 0. The molecule has 146 valence electrons. The molecule has 0 aliphatic heterocycles. The summed E-state index contributed by atoms with van der Waals surface area (Å²) in [6.07, 6.45) is 23.8. The molecule has 0 rings (SSSR count). The molecular weight excluding hydrogens is 290 g/mol. The molecule has 0 saturated carbocycles. The lowest BCUT2D eigenvalue weighted by Gasteiger charge is -2.26. The first-order valence-electron chi connectivity index (χ1n) is 11.5. The van der Waals surface area contributed by atoms with Crippen LogP contribution in [0, 0.1) is 0 Å². The van der Waals surface area contributed by atoms with E-state index in [1.165, 1.54) is 109 Å². The van der Waals surface area contributed by atoms with Gasteiger partial charge in [0, 0.05) is 12.1 Å². The van der Waals surface area contributed by atoms with Gasteiger partial charge in [0.05, 0.1) is 0 Å². The predicted octanol–water partition coefficient (Wildman–Crippen LogP) is 8.02. The highest BCUT2D eigenvalue weighted by atomic mass is 14.9. The van der Waals surface area contributed by atoms with E-state index in [4.69, 9.17) is 0 Å². The van der Waals surface area contributed by atoms with E-state index < -0.39 is 0 Å². The molecule has 0 fully saturated rings. The first-order valence-corrected chi connectivity index (χ1v) is 11.5. The molecule has 1 nitrogen and oxygen atoms in total. The quantitative estimate of drug-likeness (QED) is 0.235. The van der Waals surface area contributed by atoms with E-state index >= 15 is 0 Å². The maximum Gasteiger partial charge on any atom is 0.00696 e. The van der Waals surface area contributed by atoms with E-state index in [1.807, 2.05) is 0 Å². The highest BCUT2D eigenvalue weighted by molar-refractivity contribution is 4.75. The molecule has 0 aromatic carbocycles. The van der Waals surface area contributed by atoms with Crippen LogP contribution in [-0.2, 0) is 0 Å². The van der Waals surface area contributed by atoms with Gasteiger partial charge in [-0.05, 0) is 25.7 Å². The Morgan fingerprint density at radius 3 is 1.29 bits per heavy atom. The Morgan fingerprint density at radius 2 is 0.833 bits per heavy atom. The fourth-order valence-electron chi connectivity index (χ4n) is 3.74. The highest BCUT2D eigenvalue weighted by Crippen LogP contribution is 2.16. The van der Waals surface area contributed by atoms with Crippen molar-refractivity contribution in [3.63, 3.8) is 0 Å². The summed E-state index contributed by atoms with van der Waals surface area (Å²) >= 11 is 0. The van der Waals surface area contributed by atoms with Crippen LogP contribution in [0.5, 0.6) is 0 Å². The van der Waals surface area contributed by atoms with Gasteiger partial charge in [0.25, 0.3) is 0 Å². The predicted molar refractivity (Wildman–Crippen MR) is 112 cm³/mol. The molecule has 0 aromatic rings. The summed E-state index contributed by atoms with van der Waals surface area (Å²) in [5.74, 6) is 0. The summed E-state index contributed by atoms with van der Waals surface area (Å²) in [6, 6.07) is 1.55. The van der Waals surface area contributed by atoms with E-state index in [2.05, 4.69) is 33.0 Å². The van der Waals surface area contributed by atoms with Crippen LogP contribution in [0.2, 0.25) is 0 Å². The van der Waals surface area contributed by atoms with Gasteiger partial charge in [-0.15, -0.1) is 0 Å². The molecule has 0 aliphatic carbocycles. The zero-order chi connectivity index (χ0) is 17.9. The lowest BCUT2D eigenvalue weighted by molar-refractivity contribution is 0.337. The lowest BCUT2D eigenvalue weighted by atomic mass is 9.97. The van der Waals surface area contributed by atoms with Gasteiger partial charge in [0.2, 0.25) is 0 Å². The van der Waals surface area contributed by atoms with Crippen molar-refractivity contribution in [1.82, 2.24) is 5.32 Å². The first kappa shape index (κ1) is 24.0. The summed E-state index contributed by atoms with van der Waals surface area (Å²) in [5, 5.41) is 4.07. The Morgan fingerprint density at radius 1 is 0.417 bits per heavy atom. The second kappa shape index (κ2) is 19.3. The number of rotatable bonds is 19. The normalized spacial score (nSPS) is 12.9. The van der Waals surface area contributed by atoms with Crippen LogP contribution in [0.4, 0.5) is 0 Å². The van der Waals surface area contributed by atoms with Gasteiger partial charge < -0.3 is 5.32 Å². The third-order valence-corrected chi connectivity index (χ3v) is 5.33. The second-order valence-corrected chi connectivity index (χ2v) is 7.90. The summed E-state index contributed by atoms with van der Waals surface area (Å²) in [7, 11) is 0. The van der Waals surface area contributed by atoms with Crippen molar-refractivity contribution in [3.8, 4) is 0 Å². The summed E-state index contributed by atoms with van der Waals surface area (Å²) in [6.45, 7) is 9.28. The van der Waals surface area contributed by atoms with E-state index in [1.54, 1.807) is 0 Å². The topological polar surface area (TPSA) is 12.0 Å². The minimum Gasteiger partial charge on any atom is -0.311 e. The average Bonchev–Trinajstić information content (AvgIpc) is 2.59. The Hall–Kier alpha value is -0.0400. The molecule has 1 unspecified atom stereocenters. The molecule has 0 saturated heterocycles. The molecule has 0 bridgehead atoms. The molecule has 0 aromatic heterocycles. The fraction of sp³-hybridized carbons (Fsp3) is 1.00. The van der Waals surface area contributed by atoms with Crippen molar-refractivity contribution < 1.29 is 0 Å². The first-order chi connectivity index (χ1) is 11.8. The Labute approximate surface area is 154 Å². The second-order valence-electron chi connectivity index (χ2n) is 7.90. The number of unbranched alkanes of at least 4 members (excludes halogenated alkanes) is 9. The lowest BCUT2D eigenvalue weighted by Crippen LogP contribution is -2.38. The zero-order valence-electron chi connectivity index (χ0n) is 17.7. The number of hydrogen-bond acceptors (Lipinski definition) is 1. The van der Waals surface area contributed by atoms with Gasteiger partial charge in [-0.25, -0.2) is 0 Å².